The molecule has 4 nitrogen and oxygen atoms in total. The molecule has 0 atom stereocenters. The predicted octanol–water partition coefficient (Wildman–Crippen LogP) is 5.79. The number of ether oxygens (including phenoxy) is 1. The number of nitrogens with zero attached hydrogens (tertiary/aromatic N) is 1. The van der Waals surface area contributed by atoms with Gasteiger partial charge in [-0.2, -0.15) is 0 Å². The quantitative estimate of drug-likeness (QED) is 0.405. The van der Waals surface area contributed by atoms with Crippen molar-refractivity contribution in [2.24, 2.45) is 0 Å². The van der Waals surface area contributed by atoms with Crippen LogP contribution in [0.4, 0.5) is 0 Å². The molecule has 4 rings (SSSR count). The molecule has 0 spiro atoms. The molecule has 0 radical (unpaired) electrons. The SMILES string of the molecule is Cc1ccc(OCC(=O)NCc2ccc(-c3nc(-c4ccc(C)cc4)cs3)cc2)cc1. The van der Waals surface area contributed by atoms with Gasteiger partial charge in [0, 0.05) is 23.1 Å². The number of benzene rings is 3. The maximum atomic E-state index is 12.1. The van der Waals surface area contributed by atoms with Crippen LogP contribution in [0.25, 0.3) is 21.8 Å². The molecule has 0 bridgehead atoms. The number of aromatic nitrogens is 1. The molecule has 5 heteroatoms. The summed E-state index contributed by atoms with van der Waals surface area (Å²) in [5.41, 5.74) is 6.61. The van der Waals surface area contributed by atoms with Gasteiger partial charge in [-0.1, -0.05) is 71.8 Å². The molecule has 3 aromatic carbocycles. The Morgan fingerprint density at radius 1 is 0.871 bits per heavy atom. The van der Waals surface area contributed by atoms with Crippen LogP contribution in [0, 0.1) is 13.8 Å². The second kappa shape index (κ2) is 9.58. The summed E-state index contributed by atoms with van der Waals surface area (Å²) < 4.78 is 5.51. The van der Waals surface area contributed by atoms with E-state index >= 15 is 0 Å². The van der Waals surface area contributed by atoms with E-state index in [-0.39, 0.29) is 12.5 Å². The molecule has 0 saturated carbocycles. The molecule has 1 N–H and O–H groups in total. The third-order valence-corrected chi connectivity index (χ3v) is 5.82. The number of nitrogens with one attached hydrogen (secondary N) is 1. The van der Waals surface area contributed by atoms with Gasteiger partial charge in [-0.05, 0) is 31.5 Å². The fraction of sp³-hybridized carbons (Fsp3) is 0.154. The molecule has 1 heterocycles. The maximum Gasteiger partial charge on any atom is 0.258 e. The minimum absolute atomic E-state index is 0.00203. The molecule has 156 valence electrons. The molecule has 1 amide bonds. The summed E-state index contributed by atoms with van der Waals surface area (Å²) >= 11 is 1.63. The Hall–Kier alpha value is -3.44. The van der Waals surface area contributed by atoms with Crippen LogP contribution in [-0.2, 0) is 11.3 Å². The lowest BCUT2D eigenvalue weighted by molar-refractivity contribution is -0.123. The third kappa shape index (κ3) is 5.58. The zero-order chi connectivity index (χ0) is 21.6. The van der Waals surface area contributed by atoms with Gasteiger partial charge in [0.25, 0.3) is 5.91 Å². The van der Waals surface area contributed by atoms with Gasteiger partial charge >= 0.3 is 0 Å². The summed E-state index contributed by atoms with van der Waals surface area (Å²) in [4.78, 5) is 16.8. The summed E-state index contributed by atoms with van der Waals surface area (Å²) in [5.74, 6) is 0.547. The van der Waals surface area contributed by atoms with Crippen LogP contribution in [0.15, 0.2) is 78.2 Å². The minimum Gasteiger partial charge on any atom is -0.484 e. The topological polar surface area (TPSA) is 51.2 Å². The lowest BCUT2D eigenvalue weighted by atomic mass is 10.1. The van der Waals surface area contributed by atoms with E-state index in [1.165, 1.54) is 5.56 Å². The van der Waals surface area contributed by atoms with Crippen molar-refractivity contribution in [1.82, 2.24) is 10.3 Å². The van der Waals surface area contributed by atoms with Crippen molar-refractivity contribution in [3.63, 3.8) is 0 Å². The van der Waals surface area contributed by atoms with Gasteiger partial charge in [0.05, 0.1) is 5.69 Å². The largest absolute Gasteiger partial charge is 0.484 e. The van der Waals surface area contributed by atoms with Gasteiger partial charge in [-0.3, -0.25) is 4.79 Å². The Labute approximate surface area is 186 Å². The Balaban J connectivity index is 1.30. The van der Waals surface area contributed by atoms with E-state index in [1.807, 2.05) is 55.5 Å². The maximum absolute atomic E-state index is 12.1. The van der Waals surface area contributed by atoms with E-state index in [2.05, 4.69) is 41.9 Å². The lowest BCUT2D eigenvalue weighted by Crippen LogP contribution is -2.28. The van der Waals surface area contributed by atoms with Gasteiger partial charge in [0.2, 0.25) is 0 Å². The number of aryl methyl sites for hydroxylation is 2. The first-order valence-electron chi connectivity index (χ1n) is 10.1. The monoisotopic (exact) mass is 428 g/mol. The van der Waals surface area contributed by atoms with Crippen LogP contribution in [0.5, 0.6) is 5.75 Å². The molecule has 0 unspecified atom stereocenters. The highest BCUT2D eigenvalue weighted by Gasteiger charge is 2.08. The number of carbonyl (C=O) groups is 1. The van der Waals surface area contributed by atoms with Crippen LogP contribution < -0.4 is 10.1 Å². The molecule has 4 aromatic rings. The fourth-order valence-electron chi connectivity index (χ4n) is 3.06. The Bertz CT molecular complexity index is 1150. The van der Waals surface area contributed by atoms with Crippen LogP contribution in [-0.4, -0.2) is 17.5 Å². The number of hydrogen-bond donors (Lipinski definition) is 1. The van der Waals surface area contributed by atoms with E-state index < -0.39 is 0 Å². The average molecular weight is 429 g/mol. The van der Waals surface area contributed by atoms with Gasteiger partial charge < -0.3 is 10.1 Å². The highest BCUT2D eigenvalue weighted by atomic mass is 32.1. The van der Waals surface area contributed by atoms with Gasteiger partial charge in [-0.15, -0.1) is 11.3 Å². The second-order valence-corrected chi connectivity index (χ2v) is 8.34. The van der Waals surface area contributed by atoms with Gasteiger partial charge in [0.15, 0.2) is 6.61 Å². The van der Waals surface area contributed by atoms with Crippen LogP contribution in [0.2, 0.25) is 0 Å². The van der Waals surface area contributed by atoms with E-state index in [1.54, 1.807) is 11.3 Å². The Morgan fingerprint density at radius 2 is 1.48 bits per heavy atom. The molecule has 31 heavy (non-hydrogen) atoms. The van der Waals surface area contributed by atoms with Crippen molar-refractivity contribution < 1.29 is 9.53 Å². The van der Waals surface area contributed by atoms with Crippen molar-refractivity contribution in [3.8, 4) is 27.6 Å². The smallest absolute Gasteiger partial charge is 0.258 e. The molecular weight excluding hydrogens is 404 g/mol. The Kier molecular flexibility index (Phi) is 6.43. The molecule has 0 saturated heterocycles. The zero-order valence-corrected chi connectivity index (χ0v) is 18.4. The average Bonchev–Trinajstić information content (AvgIpc) is 3.28. The molecule has 1 aromatic heterocycles. The minimum atomic E-state index is -0.146. The summed E-state index contributed by atoms with van der Waals surface area (Å²) in [6.07, 6.45) is 0. The number of amides is 1. The van der Waals surface area contributed by atoms with E-state index in [4.69, 9.17) is 9.72 Å². The van der Waals surface area contributed by atoms with Crippen LogP contribution in [0.1, 0.15) is 16.7 Å². The first-order chi connectivity index (χ1) is 15.1. The van der Waals surface area contributed by atoms with Crippen molar-refractivity contribution in [1.29, 1.82) is 0 Å². The third-order valence-electron chi connectivity index (χ3n) is 4.93. The number of rotatable bonds is 7. The van der Waals surface area contributed by atoms with Crippen LogP contribution >= 0.6 is 11.3 Å². The van der Waals surface area contributed by atoms with Crippen LogP contribution in [0.3, 0.4) is 0 Å². The highest BCUT2D eigenvalue weighted by molar-refractivity contribution is 7.13. The molecule has 0 aliphatic rings. The van der Waals surface area contributed by atoms with Crippen molar-refractivity contribution in [2.75, 3.05) is 6.61 Å². The standard InChI is InChI=1S/C26H24N2O2S/c1-18-3-9-21(10-4-18)24-17-31-26(28-24)22-11-7-20(8-12-22)15-27-25(29)16-30-23-13-5-19(2)6-14-23/h3-14,17H,15-16H2,1-2H3,(H,27,29). The number of hydrogen-bond acceptors (Lipinski definition) is 4. The van der Waals surface area contributed by atoms with E-state index in [9.17, 15) is 4.79 Å². The normalized spacial score (nSPS) is 10.6. The first-order valence-corrected chi connectivity index (χ1v) is 11.0. The molecular formula is C26H24N2O2S. The molecule has 0 fully saturated rings. The summed E-state index contributed by atoms with van der Waals surface area (Å²) in [7, 11) is 0. The van der Waals surface area contributed by atoms with Gasteiger partial charge in [0.1, 0.15) is 10.8 Å². The van der Waals surface area contributed by atoms with E-state index in [0.29, 0.717) is 12.3 Å². The van der Waals surface area contributed by atoms with Crippen molar-refractivity contribution >= 4 is 17.2 Å². The number of thiazole rings is 1. The van der Waals surface area contributed by atoms with Gasteiger partial charge in [-0.25, -0.2) is 4.98 Å². The van der Waals surface area contributed by atoms with E-state index in [0.717, 1.165) is 33.0 Å². The molecule has 0 aliphatic carbocycles. The fourth-order valence-corrected chi connectivity index (χ4v) is 3.90. The zero-order valence-electron chi connectivity index (χ0n) is 17.6. The molecule has 0 aliphatic heterocycles. The number of carbonyl (C=O) groups excluding carboxylic acids is 1. The summed E-state index contributed by atoms with van der Waals surface area (Å²) in [6, 6.07) is 24.2. The lowest BCUT2D eigenvalue weighted by Gasteiger charge is -2.08. The summed E-state index contributed by atoms with van der Waals surface area (Å²) in [5, 5.41) is 5.96. The van der Waals surface area contributed by atoms with Crippen molar-refractivity contribution in [3.05, 3.63) is 94.9 Å². The second-order valence-electron chi connectivity index (χ2n) is 7.48. The summed E-state index contributed by atoms with van der Waals surface area (Å²) in [6.45, 7) is 4.56. The predicted molar refractivity (Wildman–Crippen MR) is 126 cm³/mol. The Morgan fingerprint density at radius 3 is 2.16 bits per heavy atom. The highest BCUT2D eigenvalue weighted by Crippen LogP contribution is 2.29. The van der Waals surface area contributed by atoms with Crippen molar-refractivity contribution in [2.45, 2.75) is 20.4 Å². The first kappa shape index (κ1) is 20.8.